The molecular weight excluding hydrogens is 268 g/mol. The minimum absolute atomic E-state index is 0.117. The van der Waals surface area contributed by atoms with Crippen LogP contribution in [0.2, 0.25) is 0 Å². The SMILES string of the molecule is NC(=O)N1CCC2(CC1)NCC(=O)N2Cc1ccccc1. The molecule has 0 saturated carbocycles. The lowest BCUT2D eigenvalue weighted by Gasteiger charge is -2.44. The number of primary amides is 1. The van der Waals surface area contributed by atoms with Gasteiger partial charge in [-0.2, -0.15) is 0 Å². The molecule has 2 saturated heterocycles. The number of amides is 3. The highest BCUT2D eigenvalue weighted by Crippen LogP contribution is 2.31. The molecule has 0 aromatic heterocycles. The maximum absolute atomic E-state index is 12.2. The zero-order valence-corrected chi connectivity index (χ0v) is 11.9. The first kappa shape index (κ1) is 13.9. The Balaban J connectivity index is 1.75. The third-order valence-electron chi connectivity index (χ3n) is 4.47. The van der Waals surface area contributed by atoms with Crippen LogP contribution in [0.1, 0.15) is 18.4 Å². The molecule has 0 atom stereocenters. The summed E-state index contributed by atoms with van der Waals surface area (Å²) in [5.41, 5.74) is 6.11. The maximum Gasteiger partial charge on any atom is 0.314 e. The summed E-state index contributed by atoms with van der Waals surface area (Å²) in [7, 11) is 0. The third-order valence-corrected chi connectivity index (χ3v) is 4.47. The summed E-state index contributed by atoms with van der Waals surface area (Å²) in [6.45, 7) is 2.13. The average molecular weight is 288 g/mol. The Bertz CT molecular complexity index is 538. The van der Waals surface area contributed by atoms with Crippen molar-refractivity contribution in [1.29, 1.82) is 0 Å². The second-order valence-corrected chi connectivity index (χ2v) is 5.68. The van der Waals surface area contributed by atoms with Gasteiger partial charge in [0.15, 0.2) is 0 Å². The molecule has 1 spiro atoms. The van der Waals surface area contributed by atoms with Gasteiger partial charge in [0.05, 0.1) is 12.2 Å². The molecule has 2 aliphatic rings. The number of nitrogens with one attached hydrogen (secondary N) is 1. The van der Waals surface area contributed by atoms with E-state index in [4.69, 9.17) is 5.73 Å². The van der Waals surface area contributed by atoms with Crippen LogP contribution in [-0.2, 0) is 11.3 Å². The molecule has 3 N–H and O–H groups in total. The first-order valence-electron chi connectivity index (χ1n) is 7.24. The minimum Gasteiger partial charge on any atom is -0.351 e. The molecule has 21 heavy (non-hydrogen) atoms. The van der Waals surface area contributed by atoms with Crippen LogP contribution in [-0.4, -0.2) is 47.0 Å². The van der Waals surface area contributed by atoms with Crippen molar-refractivity contribution in [3.63, 3.8) is 0 Å². The largest absolute Gasteiger partial charge is 0.351 e. The van der Waals surface area contributed by atoms with Gasteiger partial charge in [-0.15, -0.1) is 0 Å². The topological polar surface area (TPSA) is 78.7 Å². The Morgan fingerprint density at radius 3 is 2.52 bits per heavy atom. The molecule has 2 aliphatic heterocycles. The Hall–Kier alpha value is -2.08. The van der Waals surface area contributed by atoms with Crippen LogP contribution in [0.25, 0.3) is 0 Å². The third kappa shape index (κ3) is 2.58. The number of urea groups is 1. The summed E-state index contributed by atoms with van der Waals surface area (Å²) in [5.74, 6) is 0.117. The predicted molar refractivity (Wildman–Crippen MR) is 78.1 cm³/mol. The van der Waals surface area contributed by atoms with Crippen molar-refractivity contribution in [2.24, 2.45) is 5.73 Å². The summed E-state index contributed by atoms with van der Waals surface area (Å²) < 4.78 is 0. The zero-order valence-electron chi connectivity index (χ0n) is 11.9. The van der Waals surface area contributed by atoms with Crippen LogP contribution in [0.4, 0.5) is 4.79 Å². The second-order valence-electron chi connectivity index (χ2n) is 5.68. The molecule has 2 fully saturated rings. The first-order valence-corrected chi connectivity index (χ1v) is 7.24. The Labute approximate surface area is 123 Å². The first-order chi connectivity index (χ1) is 10.1. The standard InChI is InChI=1S/C15H20N4O2/c16-14(21)18-8-6-15(7-9-18)17-10-13(20)19(15)11-12-4-2-1-3-5-12/h1-5,17H,6-11H2,(H2,16,21). The molecule has 0 unspecified atom stereocenters. The van der Waals surface area contributed by atoms with Gasteiger partial charge in [-0.1, -0.05) is 30.3 Å². The fourth-order valence-electron chi connectivity index (χ4n) is 3.22. The van der Waals surface area contributed by atoms with Gasteiger partial charge in [0.25, 0.3) is 0 Å². The Morgan fingerprint density at radius 1 is 1.24 bits per heavy atom. The molecule has 0 aliphatic carbocycles. The molecule has 3 amide bonds. The van der Waals surface area contributed by atoms with Gasteiger partial charge in [-0.25, -0.2) is 4.79 Å². The van der Waals surface area contributed by atoms with Gasteiger partial charge in [0, 0.05) is 32.5 Å². The van der Waals surface area contributed by atoms with Gasteiger partial charge < -0.3 is 15.5 Å². The van der Waals surface area contributed by atoms with Crippen molar-refractivity contribution >= 4 is 11.9 Å². The molecule has 6 heteroatoms. The molecule has 1 aromatic carbocycles. The van der Waals surface area contributed by atoms with Crippen LogP contribution in [0.15, 0.2) is 30.3 Å². The van der Waals surface area contributed by atoms with Crippen molar-refractivity contribution in [1.82, 2.24) is 15.1 Å². The van der Waals surface area contributed by atoms with E-state index in [0.717, 1.165) is 5.56 Å². The summed E-state index contributed by atoms with van der Waals surface area (Å²) in [5, 5.41) is 3.35. The summed E-state index contributed by atoms with van der Waals surface area (Å²) in [4.78, 5) is 27.0. The van der Waals surface area contributed by atoms with E-state index in [1.807, 2.05) is 35.2 Å². The fourth-order valence-corrected chi connectivity index (χ4v) is 3.22. The number of nitrogens with two attached hydrogens (primary N) is 1. The van der Waals surface area contributed by atoms with Gasteiger partial charge in [-0.3, -0.25) is 10.1 Å². The number of piperidine rings is 1. The zero-order chi connectivity index (χ0) is 14.9. The number of hydrogen-bond donors (Lipinski definition) is 2. The second kappa shape index (κ2) is 5.37. The highest BCUT2D eigenvalue weighted by molar-refractivity contribution is 5.81. The Morgan fingerprint density at radius 2 is 1.90 bits per heavy atom. The van der Waals surface area contributed by atoms with E-state index in [9.17, 15) is 9.59 Å². The lowest BCUT2D eigenvalue weighted by Crippen LogP contribution is -2.59. The van der Waals surface area contributed by atoms with E-state index in [-0.39, 0.29) is 17.6 Å². The number of hydrogen-bond acceptors (Lipinski definition) is 3. The van der Waals surface area contributed by atoms with Crippen LogP contribution in [0.3, 0.4) is 0 Å². The van der Waals surface area contributed by atoms with Crippen molar-refractivity contribution in [2.75, 3.05) is 19.6 Å². The number of carbonyl (C=O) groups is 2. The van der Waals surface area contributed by atoms with Crippen molar-refractivity contribution in [2.45, 2.75) is 25.0 Å². The number of rotatable bonds is 2. The van der Waals surface area contributed by atoms with E-state index in [1.54, 1.807) is 4.90 Å². The summed E-state index contributed by atoms with van der Waals surface area (Å²) in [6.07, 6.45) is 1.43. The lowest BCUT2D eigenvalue weighted by molar-refractivity contribution is -0.132. The van der Waals surface area contributed by atoms with Gasteiger partial charge in [0.1, 0.15) is 0 Å². The van der Waals surface area contributed by atoms with Crippen molar-refractivity contribution in [3.05, 3.63) is 35.9 Å². The monoisotopic (exact) mass is 288 g/mol. The highest BCUT2D eigenvalue weighted by Gasteiger charge is 2.46. The van der Waals surface area contributed by atoms with Crippen LogP contribution >= 0.6 is 0 Å². The quantitative estimate of drug-likeness (QED) is 0.831. The average Bonchev–Trinajstić information content (AvgIpc) is 2.78. The van der Waals surface area contributed by atoms with E-state index in [2.05, 4.69) is 5.32 Å². The summed E-state index contributed by atoms with van der Waals surface area (Å²) >= 11 is 0. The molecule has 0 radical (unpaired) electrons. The van der Waals surface area contributed by atoms with Crippen LogP contribution in [0, 0.1) is 0 Å². The van der Waals surface area contributed by atoms with E-state index in [1.165, 1.54) is 0 Å². The van der Waals surface area contributed by atoms with E-state index in [0.29, 0.717) is 39.0 Å². The number of carbonyl (C=O) groups excluding carboxylic acids is 2. The molecule has 112 valence electrons. The van der Waals surface area contributed by atoms with Crippen LogP contribution in [0.5, 0.6) is 0 Å². The van der Waals surface area contributed by atoms with Gasteiger partial charge in [-0.05, 0) is 5.56 Å². The van der Waals surface area contributed by atoms with Crippen molar-refractivity contribution < 1.29 is 9.59 Å². The molecule has 6 nitrogen and oxygen atoms in total. The number of benzene rings is 1. The van der Waals surface area contributed by atoms with E-state index >= 15 is 0 Å². The maximum atomic E-state index is 12.2. The number of likely N-dealkylation sites (tertiary alicyclic amines) is 1. The lowest BCUT2D eigenvalue weighted by atomic mass is 9.95. The van der Waals surface area contributed by atoms with Crippen molar-refractivity contribution in [3.8, 4) is 0 Å². The molecular formula is C15H20N4O2. The van der Waals surface area contributed by atoms with Gasteiger partial charge in [0.2, 0.25) is 5.91 Å². The number of nitrogens with zero attached hydrogens (tertiary/aromatic N) is 2. The predicted octanol–water partition coefficient (Wildman–Crippen LogP) is 0.489. The highest BCUT2D eigenvalue weighted by atomic mass is 16.2. The molecule has 0 bridgehead atoms. The van der Waals surface area contributed by atoms with Gasteiger partial charge >= 0.3 is 6.03 Å². The van der Waals surface area contributed by atoms with E-state index < -0.39 is 0 Å². The molecule has 1 aromatic rings. The van der Waals surface area contributed by atoms with Crippen LogP contribution < -0.4 is 11.1 Å². The summed E-state index contributed by atoms with van der Waals surface area (Å²) in [6, 6.07) is 9.59. The smallest absolute Gasteiger partial charge is 0.314 e. The fraction of sp³-hybridized carbons (Fsp3) is 0.467. The minimum atomic E-state index is -0.385. The Kier molecular flexibility index (Phi) is 3.55. The molecule has 2 heterocycles. The molecule has 3 rings (SSSR count). The normalized spacial score (nSPS) is 21.0.